The van der Waals surface area contributed by atoms with Gasteiger partial charge in [0.15, 0.2) is 0 Å². The minimum Gasteiger partial charge on any atom is -0.241 e. The first-order valence-corrected chi connectivity index (χ1v) is 6.08. The Morgan fingerprint density at radius 1 is 1.20 bits per heavy atom. The van der Waals surface area contributed by atoms with E-state index in [4.69, 9.17) is 0 Å². The fraction of sp³-hybridized carbons (Fsp3) is 0.308. The molecule has 0 fully saturated rings. The monoisotopic (exact) mass is 217 g/mol. The van der Waals surface area contributed by atoms with Gasteiger partial charge in [0.2, 0.25) is 0 Å². The van der Waals surface area contributed by atoms with Crippen LogP contribution in [-0.2, 0) is 0 Å². The highest BCUT2D eigenvalue weighted by molar-refractivity contribution is 7.10. The molecule has 0 radical (unpaired) electrons. The van der Waals surface area contributed by atoms with Crippen LogP contribution in [0.3, 0.4) is 0 Å². The summed E-state index contributed by atoms with van der Waals surface area (Å²) in [4.78, 5) is 4.66. The van der Waals surface area contributed by atoms with Crippen LogP contribution in [0.1, 0.15) is 30.3 Å². The molecular weight excluding hydrogens is 202 g/mol. The number of thiazole rings is 1. The van der Waals surface area contributed by atoms with Crippen molar-refractivity contribution >= 4 is 11.3 Å². The molecule has 0 aliphatic heterocycles. The third-order valence-electron chi connectivity index (χ3n) is 2.44. The first-order chi connectivity index (χ1) is 7.18. The van der Waals surface area contributed by atoms with Gasteiger partial charge >= 0.3 is 0 Å². The van der Waals surface area contributed by atoms with E-state index in [2.05, 4.69) is 55.4 Å². The number of benzene rings is 1. The number of aryl methyl sites for hydroxylation is 1. The van der Waals surface area contributed by atoms with Crippen molar-refractivity contribution in [2.45, 2.75) is 26.7 Å². The standard InChI is InChI=1S/C13H15NS/c1-9(2)13-14-12(8-15-13)11-7-5-4-6-10(11)3/h4-9H,1-3H3. The fourth-order valence-corrected chi connectivity index (χ4v) is 2.37. The van der Waals surface area contributed by atoms with Crippen LogP contribution in [0.15, 0.2) is 29.6 Å². The zero-order chi connectivity index (χ0) is 10.8. The topological polar surface area (TPSA) is 12.9 Å². The molecule has 0 aliphatic carbocycles. The highest BCUT2D eigenvalue weighted by atomic mass is 32.1. The Balaban J connectivity index is 2.42. The van der Waals surface area contributed by atoms with E-state index in [-0.39, 0.29) is 0 Å². The Hall–Kier alpha value is -1.15. The van der Waals surface area contributed by atoms with Crippen LogP contribution in [0.25, 0.3) is 11.3 Å². The average molecular weight is 217 g/mol. The van der Waals surface area contributed by atoms with Crippen LogP contribution < -0.4 is 0 Å². The minimum atomic E-state index is 0.521. The molecule has 78 valence electrons. The Labute approximate surface area is 94.8 Å². The molecule has 0 amide bonds. The van der Waals surface area contributed by atoms with Crippen LogP contribution in [0.2, 0.25) is 0 Å². The summed E-state index contributed by atoms with van der Waals surface area (Å²) >= 11 is 1.75. The molecule has 0 saturated carbocycles. The van der Waals surface area contributed by atoms with E-state index in [1.165, 1.54) is 16.1 Å². The third-order valence-corrected chi connectivity index (χ3v) is 3.58. The zero-order valence-electron chi connectivity index (χ0n) is 9.32. The second kappa shape index (κ2) is 4.15. The SMILES string of the molecule is Cc1ccccc1-c1csc(C(C)C)n1. The van der Waals surface area contributed by atoms with Gasteiger partial charge in [-0.2, -0.15) is 0 Å². The molecule has 1 aromatic carbocycles. The fourth-order valence-electron chi connectivity index (χ4n) is 1.54. The van der Waals surface area contributed by atoms with Crippen molar-refractivity contribution in [2.75, 3.05) is 0 Å². The van der Waals surface area contributed by atoms with Crippen molar-refractivity contribution in [2.24, 2.45) is 0 Å². The quantitative estimate of drug-likeness (QED) is 0.733. The second-order valence-corrected chi connectivity index (χ2v) is 4.93. The molecule has 0 aliphatic rings. The zero-order valence-corrected chi connectivity index (χ0v) is 10.1. The normalized spacial score (nSPS) is 10.9. The van der Waals surface area contributed by atoms with Crippen LogP contribution in [-0.4, -0.2) is 4.98 Å². The lowest BCUT2D eigenvalue weighted by atomic mass is 10.1. The van der Waals surface area contributed by atoms with Crippen LogP contribution in [0.4, 0.5) is 0 Å². The summed E-state index contributed by atoms with van der Waals surface area (Å²) in [7, 11) is 0. The molecule has 0 atom stereocenters. The number of rotatable bonds is 2. The smallest absolute Gasteiger partial charge is 0.0958 e. The average Bonchev–Trinajstić information content (AvgIpc) is 2.67. The predicted molar refractivity (Wildman–Crippen MR) is 66.4 cm³/mol. The van der Waals surface area contributed by atoms with E-state index in [0.717, 1.165) is 5.69 Å². The van der Waals surface area contributed by atoms with Gasteiger partial charge in [0, 0.05) is 16.9 Å². The van der Waals surface area contributed by atoms with Crippen LogP contribution in [0, 0.1) is 6.92 Å². The summed E-state index contributed by atoms with van der Waals surface area (Å²) < 4.78 is 0. The first kappa shape index (κ1) is 10.4. The first-order valence-electron chi connectivity index (χ1n) is 5.20. The van der Waals surface area contributed by atoms with Crippen molar-refractivity contribution in [3.8, 4) is 11.3 Å². The lowest BCUT2D eigenvalue weighted by Crippen LogP contribution is -1.87. The molecule has 0 bridgehead atoms. The number of aromatic nitrogens is 1. The number of hydrogen-bond donors (Lipinski definition) is 0. The van der Waals surface area contributed by atoms with Gasteiger partial charge in [-0.05, 0) is 12.5 Å². The molecule has 1 heterocycles. The number of nitrogens with zero attached hydrogens (tertiary/aromatic N) is 1. The molecule has 0 spiro atoms. The molecular formula is C13H15NS. The van der Waals surface area contributed by atoms with Gasteiger partial charge in [-0.3, -0.25) is 0 Å². The molecule has 1 nitrogen and oxygen atoms in total. The maximum atomic E-state index is 4.66. The molecule has 0 unspecified atom stereocenters. The van der Waals surface area contributed by atoms with Gasteiger partial charge in [0.1, 0.15) is 0 Å². The van der Waals surface area contributed by atoms with Crippen LogP contribution >= 0.6 is 11.3 Å². The Kier molecular flexibility index (Phi) is 2.87. The van der Waals surface area contributed by atoms with E-state index in [1.54, 1.807) is 11.3 Å². The van der Waals surface area contributed by atoms with Crippen molar-refractivity contribution in [3.63, 3.8) is 0 Å². The van der Waals surface area contributed by atoms with E-state index in [1.807, 2.05) is 0 Å². The van der Waals surface area contributed by atoms with Crippen molar-refractivity contribution in [1.29, 1.82) is 0 Å². The highest BCUT2D eigenvalue weighted by Gasteiger charge is 2.08. The largest absolute Gasteiger partial charge is 0.241 e. The summed E-state index contributed by atoms with van der Waals surface area (Å²) in [6.45, 7) is 6.49. The molecule has 1 aromatic heterocycles. The molecule has 2 heteroatoms. The van der Waals surface area contributed by atoms with Crippen molar-refractivity contribution in [1.82, 2.24) is 4.98 Å². The van der Waals surface area contributed by atoms with E-state index in [9.17, 15) is 0 Å². The third kappa shape index (κ3) is 2.10. The molecule has 0 N–H and O–H groups in total. The van der Waals surface area contributed by atoms with Gasteiger partial charge in [-0.1, -0.05) is 38.1 Å². The number of hydrogen-bond acceptors (Lipinski definition) is 2. The summed E-state index contributed by atoms with van der Waals surface area (Å²) in [6, 6.07) is 8.39. The summed E-state index contributed by atoms with van der Waals surface area (Å²) in [6.07, 6.45) is 0. The van der Waals surface area contributed by atoms with E-state index >= 15 is 0 Å². The molecule has 2 aromatic rings. The van der Waals surface area contributed by atoms with Crippen molar-refractivity contribution < 1.29 is 0 Å². The minimum absolute atomic E-state index is 0.521. The van der Waals surface area contributed by atoms with Crippen LogP contribution in [0.5, 0.6) is 0 Å². The maximum absolute atomic E-state index is 4.66. The predicted octanol–water partition coefficient (Wildman–Crippen LogP) is 4.24. The molecule has 15 heavy (non-hydrogen) atoms. The van der Waals surface area contributed by atoms with Gasteiger partial charge in [0.25, 0.3) is 0 Å². The van der Waals surface area contributed by atoms with Gasteiger partial charge in [0.05, 0.1) is 10.7 Å². The van der Waals surface area contributed by atoms with Crippen molar-refractivity contribution in [3.05, 3.63) is 40.2 Å². The summed E-state index contributed by atoms with van der Waals surface area (Å²) in [5, 5.41) is 3.37. The highest BCUT2D eigenvalue weighted by Crippen LogP contribution is 2.27. The van der Waals surface area contributed by atoms with E-state index in [0.29, 0.717) is 5.92 Å². The van der Waals surface area contributed by atoms with Gasteiger partial charge in [-0.15, -0.1) is 11.3 Å². The Bertz CT molecular complexity index is 457. The lowest BCUT2D eigenvalue weighted by molar-refractivity contribution is 0.853. The summed E-state index contributed by atoms with van der Waals surface area (Å²) in [5.41, 5.74) is 3.65. The van der Waals surface area contributed by atoms with Gasteiger partial charge < -0.3 is 0 Å². The molecule has 2 rings (SSSR count). The second-order valence-electron chi connectivity index (χ2n) is 4.04. The molecule has 0 saturated heterocycles. The lowest BCUT2D eigenvalue weighted by Gasteiger charge is -2.01. The maximum Gasteiger partial charge on any atom is 0.0958 e. The van der Waals surface area contributed by atoms with E-state index < -0.39 is 0 Å². The Morgan fingerprint density at radius 3 is 2.53 bits per heavy atom. The summed E-state index contributed by atoms with van der Waals surface area (Å²) in [5.74, 6) is 0.521. The van der Waals surface area contributed by atoms with Gasteiger partial charge in [-0.25, -0.2) is 4.98 Å². The Morgan fingerprint density at radius 2 is 1.93 bits per heavy atom.